The van der Waals surface area contributed by atoms with E-state index in [-0.39, 0.29) is 24.1 Å². The lowest BCUT2D eigenvalue weighted by Gasteiger charge is -2.29. The van der Waals surface area contributed by atoms with E-state index < -0.39 is 15.9 Å². The minimum Gasteiger partial charge on any atom is -0.384 e. The minimum absolute atomic E-state index is 0.0105. The molecule has 0 radical (unpaired) electrons. The Morgan fingerprint density at radius 1 is 1.20 bits per heavy atom. The largest absolute Gasteiger partial charge is 0.384 e. The molecule has 1 amide bonds. The van der Waals surface area contributed by atoms with E-state index in [0.717, 1.165) is 53.8 Å². The predicted molar refractivity (Wildman–Crippen MR) is 132 cm³/mol. The smallest absolute Gasteiger partial charge is 0.283 e. The highest BCUT2D eigenvalue weighted by Crippen LogP contribution is 2.39. The van der Waals surface area contributed by atoms with Gasteiger partial charge in [0.2, 0.25) is 10.0 Å². The summed E-state index contributed by atoms with van der Waals surface area (Å²) in [5.74, 6) is -1.08. The number of sulfonamides is 1. The number of amides is 1. The van der Waals surface area contributed by atoms with Crippen molar-refractivity contribution in [1.82, 2.24) is 19.5 Å². The third-order valence-electron chi connectivity index (χ3n) is 6.32. The number of benzene rings is 1. The molecule has 0 spiro atoms. The van der Waals surface area contributed by atoms with E-state index in [1.807, 2.05) is 23.7 Å². The van der Waals surface area contributed by atoms with E-state index in [1.165, 1.54) is 7.11 Å². The Morgan fingerprint density at radius 3 is 2.57 bits per heavy atom. The van der Waals surface area contributed by atoms with Crippen molar-refractivity contribution in [2.45, 2.75) is 25.8 Å². The number of anilines is 1. The van der Waals surface area contributed by atoms with Crippen molar-refractivity contribution >= 4 is 32.7 Å². The topological polar surface area (TPSA) is 116 Å². The van der Waals surface area contributed by atoms with E-state index in [1.54, 1.807) is 6.07 Å². The number of carbonyl (C=O) groups excluding carboxylic acids is 1. The summed E-state index contributed by atoms with van der Waals surface area (Å²) in [6.07, 6.45) is 2.01. The van der Waals surface area contributed by atoms with Gasteiger partial charge < -0.3 is 14.4 Å². The molecule has 1 aliphatic heterocycles. The average Bonchev–Trinajstić information content (AvgIpc) is 3.66. The van der Waals surface area contributed by atoms with Crippen LogP contribution in [-0.4, -0.2) is 74.9 Å². The van der Waals surface area contributed by atoms with Crippen molar-refractivity contribution in [2.24, 2.45) is 0 Å². The van der Waals surface area contributed by atoms with Crippen LogP contribution in [0.1, 0.15) is 35.1 Å². The fourth-order valence-corrected chi connectivity index (χ4v) is 5.22. The summed E-state index contributed by atoms with van der Waals surface area (Å²) in [6.45, 7) is 5.02. The van der Waals surface area contributed by atoms with E-state index in [4.69, 9.17) is 14.6 Å². The van der Waals surface area contributed by atoms with Gasteiger partial charge in [-0.2, -0.15) is 5.10 Å². The summed E-state index contributed by atoms with van der Waals surface area (Å²) in [5, 5.41) is 5.58. The van der Waals surface area contributed by atoms with Crippen LogP contribution < -0.4 is 9.62 Å². The Hall–Kier alpha value is -3.02. The molecule has 2 aliphatic rings. The Bertz CT molecular complexity index is 1340. The number of pyridine rings is 1. The number of rotatable bonds is 8. The molecule has 1 N–H and O–H groups in total. The van der Waals surface area contributed by atoms with Crippen LogP contribution in [0.5, 0.6) is 0 Å². The maximum Gasteiger partial charge on any atom is 0.283 e. The van der Waals surface area contributed by atoms with Gasteiger partial charge in [-0.05, 0) is 49.1 Å². The van der Waals surface area contributed by atoms with Gasteiger partial charge in [-0.1, -0.05) is 12.1 Å². The molecule has 0 bridgehead atoms. The average molecular weight is 500 g/mol. The van der Waals surface area contributed by atoms with Crippen LogP contribution in [0.25, 0.3) is 22.2 Å². The molecule has 186 valence electrons. The normalized spacial score (nSPS) is 16.6. The van der Waals surface area contributed by atoms with Crippen LogP contribution in [0.3, 0.4) is 0 Å². The highest BCUT2D eigenvalue weighted by Gasteiger charge is 2.30. The number of ether oxygens (including phenoxy) is 2. The molecule has 11 heteroatoms. The Morgan fingerprint density at radius 2 is 1.91 bits per heavy atom. The Kier molecular flexibility index (Phi) is 6.47. The number of carbonyl (C=O) groups is 1. The summed E-state index contributed by atoms with van der Waals surface area (Å²) in [5.41, 5.74) is 4.27. The highest BCUT2D eigenvalue weighted by atomic mass is 32.2. The standard InChI is InChI=1S/C24H29N5O5S/c1-16-22-20(17-3-5-18(6-4-17)28-9-11-34-12-10-28)15-21(24(30)27-35(31,32)14-13-33-2)25-23(22)29(26-16)19-7-8-19/h3-6,15,19H,7-14H2,1-2H3,(H,27,30). The number of aryl methyl sites for hydroxylation is 1. The Labute approximate surface area is 204 Å². The van der Waals surface area contributed by atoms with Gasteiger partial charge in [0.25, 0.3) is 5.91 Å². The number of methoxy groups -OCH3 is 1. The molecule has 0 atom stereocenters. The number of hydrogen-bond acceptors (Lipinski definition) is 8. The van der Waals surface area contributed by atoms with Crippen LogP contribution >= 0.6 is 0 Å². The lowest BCUT2D eigenvalue weighted by atomic mass is 10.0. The van der Waals surface area contributed by atoms with Crippen LogP contribution in [-0.2, 0) is 19.5 Å². The lowest BCUT2D eigenvalue weighted by molar-refractivity contribution is 0.0976. The third kappa shape index (κ3) is 5.02. The summed E-state index contributed by atoms with van der Waals surface area (Å²) >= 11 is 0. The molecule has 3 aromatic rings. The molecule has 2 fully saturated rings. The molecule has 0 unspecified atom stereocenters. The second-order valence-electron chi connectivity index (χ2n) is 8.90. The zero-order valence-corrected chi connectivity index (χ0v) is 20.7. The zero-order chi connectivity index (χ0) is 24.6. The molecule has 10 nitrogen and oxygen atoms in total. The quantitative estimate of drug-likeness (QED) is 0.502. The van der Waals surface area contributed by atoms with Crippen molar-refractivity contribution < 1.29 is 22.7 Å². The van der Waals surface area contributed by atoms with Gasteiger partial charge in [-0.15, -0.1) is 0 Å². The molecule has 1 aromatic carbocycles. The van der Waals surface area contributed by atoms with E-state index in [2.05, 4.69) is 26.7 Å². The molecule has 35 heavy (non-hydrogen) atoms. The first-order chi connectivity index (χ1) is 16.9. The van der Waals surface area contributed by atoms with Gasteiger partial charge in [-0.25, -0.2) is 22.8 Å². The van der Waals surface area contributed by atoms with E-state index in [9.17, 15) is 13.2 Å². The molecule has 2 aromatic heterocycles. The lowest BCUT2D eigenvalue weighted by Crippen LogP contribution is -2.36. The second-order valence-corrected chi connectivity index (χ2v) is 10.7. The van der Waals surface area contributed by atoms with Gasteiger partial charge in [0, 0.05) is 31.3 Å². The van der Waals surface area contributed by atoms with Crippen molar-refractivity contribution in [3.63, 3.8) is 0 Å². The minimum atomic E-state index is -3.85. The second kappa shape index (κ2) is 9.56. The number of nitrogens with zero attached hydrogens (tertiary/aromatic N) is 4. The van der Waals surface area contributed by atoms with Gasteiger partial charge in [0.1, 0.15) is 5.69 Å². The van der Waals surface area contributed by atoms with Crippen LogP contribution in [0.2, 0.25) is 0 Å². The number of aromatic nitrogens is 3. The number of hydrogen-bond donors (Lipinski definition) is 1. The number of fused-ring (bicyclic) bond motifs is 1. The zero-order valence-electron chi connectivity index (χ0n) is 19.9. The van der Waals surface area contributed by atoms with Crippen LogP contribution in [0.15, 0.2) is 30.3 Å². The first-order valence-electron chi connectivity index (χ1n) is 11.7. The maximum absolute atomic E-state index is 13.0. The molecule has 3 heterocycles. The maximum atomic E-state index is 13.0. The number of nitrogens with one attached hydrogen (secondary N) is 1. The van der Waals surface area contributed by atoms with Gasteiger partial charge >= 0.3 is 0 Å². The molecule has 1 aliphatic carbocycles. The fraction of sp³-hybridized carbons (Fsp3) is 0.458. The third-order valence-corrected chi connectivity index (χ3v) is 7.52. The van der Waals surface area contributed by atoms with Crippen molar-refractivity contribution in [1.29, 1.82) is 0 Å². The van der Waals surface area contributed by atoms with Gasteiger partial charge in [0.05, 0.1) is 37.3 Å². The monoisotopic (exact) mass is 499 g/mol. The van der Waals surface area contributed by atoms with Crippen LogP contribution in [0, 0.1) is 6.92 Å². The van der Waals surface area contributed by atoms with E-state index in [0.29, 0.717) is 18.9 Å². The summed E-state index contributed by atoms with van der Waals surface area (Å²) in [4.78, 5) is 19.8. The summed E-state index contributed by atoms with van der Waals surface area (Å²) < 4.78 is 38.9. The molecular weight excluding hydrogens is 470 g/mol. The van der Waals surface area contributed by atoms with Gasteiger partial charge in [0.15, 0.2) is 5.65 Å². The predicted octanol–water partition coefficient (Wildman–Crippen LogP) is 2.28. The van der Waals surface area contributed by atoms with Crippen molar-refractivity contribution in [2.75, 3.05) is 50.7 Å². The first kappa shape index (κ1) is 23.7. The molecule has 1 saturated carbocycles. The fourth-order valence-electron chi connectivity index (χ4n) is 4.34. The molecule has 1 saturated heterocycles. The van der Waals surface area contributed by atoms with Crippen LogP contribution in [0.4, 0.5) is 5.69 Å². The first-order valence-corrected chi connectivity index (χ1v) is 13.4. The molecule has 5 rings (SSSR count). The highest BCUT2D eigenvalue weighted by molar-refractivity contribution is 7.90. The summed E-state index contributed by atoms with van der Waals surface area (Å²) in [6, 6.07) is 10.1. The Balaban J connectivity index is 1.55. The molecular formula is C24H29N5O5S. The SMILES string of the molecule is COCCS(=O)(=O)NC(=O)c1cc(-c2ccc(N3CCOCC3)cc2)c2c(C)nn(C3CC3)c2n1. The van der Waals surface area contributed by atoms with Crippen molar-refractivity contribution in [3.05, 3.63) is 41.7 Å². The number of morpholine rings is 1. The van der Waals surface area contributed by atoms with E-state index >= 15 is 0 Å². The summed E-state index contributed by atoms with van der Waals surface area (Å²) in [7, 11) is -2.44. The van der Waals surface area contributed by atoms with Crippen molar-refractivity contribution in [3.8, 4) is 11.1 Å². The van der Waals surface area contributed by atoms with Gasteiger partial charge in [-0.3, -0.25) is 4.79 Å².